The van der Waals surface area contributed by atoms with Crippen LogP contribution in [0.25, 0.3) is 11.0 Å². The zero-order chi connectivity index (χ0) is 20.4. The third kappa shape index (κ3) is 3.92. The van der Waals surface area contributed by atoms with Crippen molar-refractivity contribution in [1.29, 1.82) is 0 Å². The first-order valence-electron chi connectivity index (χ1n) is 11.3. The van der Waals surface area contributed by atoms with Gasteiger partial charge in [-0.05, 0) is 49.4 Å². The van der Waals surface area contributed by atoms with Gasteiger partial charge in [-0.3, -0.25) is 4.90 Å². The van der Waals surface area contributed by atoms with Crippen molar-refractivity contribution < 1.29 is 9.52 Å². The molecule has 1 spiro atoms. The molecule has 0 aliphatic carbocycles. The molecule has 3 heterocycles. The van der Waals surface area contributed by atoms with Gasteiger partial charge in [0.15, 0.2) is 0 Å². The summed E-state index contributed by atoms with van der Waals surface area (Å²) in [5.74, 6) is 0.408. The summed E-state index contributed by atoms with van der Waals surface area (Å²) < 4.78 is 5.73. The predicted octanol–water partition coefficient (Wildman–Crippen LogP) is 4.18. The molecule has 1 aromatic heterocycles. The van der Waals surface area contributed by atoms with E-state index in [1.165, 1.54) is 29.4 Å². The van der Waals surface area contributed by atoms with E-state index in [0.29, 0.717) is 12.5 Å². The molecule has 2 aliphatic heterocycles. The molecule has 0 radical (unpaired) electrons. The standard InChI is InChI=1S/C26H32N2O2/c29-18-23-17-28(13-10-21-6-2-1-3-7-21)20-26(23)11-14-27(15-12-26)16-22-19-30-25-9-5-4-8-24(22)25/h1-9,19,23,29H,10-18,20H2. The van der Waals surface area contributed by atoms with Crippen molar-refractivity contribution in [2.24, 2.45) is 11.3 Å². The summed E-state index contributed by atoms with van der Waals surface area (Å²) >= 11 is 0. The number of nitrogens with zero attached hydrogens (tertiary/aromatic N) is 2. The van der Waals surface area contributed by atoms with E-state index in [1.807, 2.05) is 18.4 Å². The number of aliphatic hydroxyl groups excluding tert-OH is 1. The average Bonchev–Trinajstić information content (AvgIpc) is 3.36. The number of rotatable bonds is 6. The second-order valence-electron chi connectivity index (χ2n) is 9.25. The van der Waals surface area contributed by atoms with Crippen molar-refractivity contribution in [3.8, 4) is 0 Å². The molecule has 1 atom stereocenters. The molecule has 4 nitrogen and oxygen atoms in total. The normalized spacial score (nSPS) is 22.2. The number of likely N-dealkylation sites (tertiary alicyclic amines) is 2. The van der Waals surface area contributed by atoms with Crippen molar-refractivity contribution in [2.75, 3.05) is 39.3 Å². The minimum absolute atomic E-state index is 0.278. The number of para-hydroxylation sites is 1. The number of aliphatic hydroxyl groups is 1. The molecule has 158 valence electrons. The minimum atomic E-state index is 0.278. The Bertz CT molecular complexity index is 959. The zero-order valence-corrected chi connectivity index (χ0v) is 17.7. The highest BCUT2D eigenvalue weighted by molar-refractivity contribution is 5.80. The lowest BCUT2D eigenvalue weighted by molar-refractivity contribution is 0.0484. The monoisotopic (exact) mass is 404 g/mol. The Kier molecular flexibility index (Phi) is 5.64. The molecule has 30 heavy (non-hydrogen) atoms. The highest BCUT2D eigenvalue weighted by atomic mass is 16.3. The summed E-state index contributed by atoms with van der Waals surface area (Å²) in [5.41, 5.74) is 3.95. The van der Waals surface area contributed by atoms with E-state index >= 15 is 0 Å². The van der Waals surface area contributed by atoms with Crippen LogP contribution >= 0.6 is 0 Å². The van der Waals surface area contributed by atoms with Crippen LogP contribution in [0.15, 0.2) is 65.3 Å². The van der Waals surface area contributed by atoms with Crippen molar-refractivity contribution >= 4 is 11.0 Å². The van der Waals surface area contributed by atoms with Gasteiger partial charge in [-0.2, -0.15) is 0 Å². The van der Waals surface area contributed by atoms with Crippen LogP contribution in [0.2, 0.25) is 0 Å². The number of hydrogen-bond acceptors (Lipinski definition) is 4. The molecular weight excluding hydrogens is 372 g/mol. The Hall–Kier alpha value is -2.14. The molecule has 2 aliphatic rings. The van der Waals surface area contributed by atoms with E-state index < -0.39 is 0 Å². The summed E-state index contributed by atoms with van der Waals surface area (Å²) in [4.78, 5) is 5.15. The lowest BCUT2D eigenvalue weighted by atomic mass is 9.71. The Labute approximate surface area is 179 Å². The number of furan rings is 1. The first kappa shape index (κ1) is 19.8. The summed E-state index contributed by atoms with van der Waals surface area (Å²) in [7, 11) is 0. The van der Waals surface area contributed by atoms with E-state index in [0.717, 1.165) is 51.3 Å². The fourth-order valence-corrected chi connectivity index (χ4v) is 5.62. The zero-order valence-electron chi connectivity index (χ0n) is 17.7. The number of fused-ring (bicyclic) bond motifs is 1. The Morgan fingerprint density at radius 2 is 1.73 bits per heavy atom. The van der Waals surface area contributed by atoms with Crippen LogP contribution in [-0.4, -0.2) is 54.2 Å². The highest BCUT2D eigenvalue weighted by Crippen LogP contribution is 2.44. The number of benzene rings is 2. The quantitative estimate of drug-likeness (QED) is 0.669. The van der Waals surface area contributed by atoms with Crippen LogP contribution in [0, 0.1) is 11.3 Å². The summed E-state index contributed by atoms with van der Waals surface area (Å²) in [5, 5.41) is 11.4. The molecule has 1 unspecified atom stereocenters. The lowest BCUT2D eigenvalue weighted by Gasteiger charge is -2.42. The molecule has 5 rings (SSSR count). The fraction of sp³-hybridized carbons (Fsp3) is 0.462. The third-order valence-electron chi connectivity index (χ3n) is 7.47. The van der Waals surface area contributed by atoms with E-state index in [4.69, 9.17) is 4.42 Å². The Balaban J connectivity index is 1.19. The van der Waals surface area contributed by atoms with Crippen molar-refractivity contribution in [3.63, 3.8) is 0 Å². The molecule has 2 fully saturated rings. The lowest BCUT2D eigenvalue weighted by Crippen LogP contribution is -2.44. The van der Waals surface area contributed by atoms with Crippen molar-refractivity contribution in [3.05, 3.63) is 72.0 Å². The van der Waals surface area contributed by atoms with Crippen molar-refractivity contribution in [2.45, 2.75) is 25.8 Å². The van der Waals surface area contributed by atoms with Crippen molar-refractivity contribution in [1.82, 2.24) is 9.80 Å². The van der Waals surface area contributed by atoms with Gasteiger partial charge in [-0.25, -0.2) is 0 Å². The molecule has 3 aromatic rings. The van der Waals surface area contributed by atoms with Crippen LogP contribution in [0.3, 0.4) is 0 Å². The van der Waals surface area contributed by atoms with E-state index in [2.05, 4.69) is 52.3 Å². The largest absolute Gasteiger partial charge is 0.464 e. The summed E-state index contributed by atoms with van der Waals surface area (Å²) in [6.07, 6.45) is 5.37. The molecule has 1 N–H and O–H groups in total. The molecule has 0 bridgehead atoms. The topological polar surface area (TPSA) is 39.9 Å². The van der Waals surface area contributed by atoms with Crippen LogP contribution < -0.4 is 0 Å². The van der Waals surface area contributed by atoms with Gasteiger partial charge in [0.25, 0.3) is 0 Å². The second-order valence-corrected chi connectivity index (χ2v) is 9.25. The SMILES string of the molecule is OCC1CN(CCc2ccccc2)CC12CCN(Cc1coc3ccccc13)CC2. The first-order chi connectivity index (χ1) is 14.8. The van der Waals surface area contributed by atoms with Gasteiger partial charge in [-0.15, -0.1) is 0 Å². The van der Waals surface area contributed by atoms with Gasteiger partial charge in [0.2, 0.25) is 0 Å². The molecule has 0 amide bonds. The molecule has 2 aromatic carbocycles. The minimum Gasteiger partial charge on any atom is -0.464 e. The molecule has 2 saturated heterocycles. The molecular formula is C26H32N2O2. The van der Waals surface area contributed by atoms with Gasteiger partial charge in [-0.1, -0.05) is 48.5 Å². The smallest absolute Gasteiger partial charge is 0.134 e. The van der Waals surface area contributed by atoms with Gasteiger partial charge < -0.3 is 14.4 Å². The third-order valence-corrected chi connectivity index (χ3v) is 7.47. The average molecular weight is 405 g/mol. The van der Waals surface area contributed by atoms with E-state index in [-0.39, 0.29) is 5.41 Å². The highest BCUT2D eigenvalue weighted by Gasteiger charge is 2.47. The molecule has 4 heteroatoms. The van der Waals surface area contributed by atoms with Crippen LogP contribution in [-0.2, 0) is 13.0 Å². The number of piperidine rings is 1. The maximum absolute atomic E-state index is 10.1. The molecule has 0 saturated carbocycles. The fourth-order valence-electron chi connectivity index (χ4n) is 5.62. The maximum atomic E-state index is 10.1. The van der Waals surface area contributed by atoms with E-state index in [1.54, 1.807) is 0 Å². The maximum Gasteiger partial charge on any atom is 0.134 e. The Morgan fingerprint density at radius 1 is 0.967 bits per heavy atom. The van der Waals surface area contributed by atoms with Gasteiger partial charge in [0, 0.05) is 49.7 Å². The van der Waals surface area contributed by atoms with Crippen LogP contribution in [0.5, 0.6) is 0 Å². The van der Waals surface area contributed by atoms with Crippen LogP contribution in [0.4, 0.5) is 0 Å². The Morgan fingerprint density at radius 3 is 2.53 bits per heavy atom. The van der Waals surface area contributed by atoms with Gasteiger partial charge in [0.1, 0.15) is 5.58 Å². The summed E-state index contributed by atoms with van der Waals surface area (Å²) in [6, 6.07) is 19.1. The van der Waals surface area contributed by atoms with Gasteiger partial charge in [0.05, 0.1) is 6.26 Å². The second kappa shape index (κ2) is 8.54. The predicted molar refractivity (Wildman–Crippen MR) is 120 cm³/mol. The van der Waals surface area contributed by atoms with Gasteiger partial charge >= 0.3 is 0 Å². The number of hydrogen-bond donors (Lipinski definition) is 1. The summed E-state index contributed by atoms with van der Waals surface area (Å²) in [6.45, 7) is 6.73. The van der Waals surface area contributed by atoms with Crippen LogP contribution in [0.1, 0.15) is 24.0 Å². The first-order valence-corrected chi connectivity index (χ1v) is 11.3. The van der Waals surface area contributed by atoms with E-state index in [9.17, 15) is 5.11 Å².